The maximum absolute atomic E-state index is 11.8. The van der Waals surface area contributed by atoms with Crippen molar-refractivity contribution in [3.05, 3.63) is 29.6 Å². The lowest BCUT2D eigenvalue weighted by molar-refractivity contribution is 0.0517. The van der Waals surface area contributed by atoms with Crippen LogP contribution in [-0.2, 0) is 11.3 Å². The second-order valence-corrected chi connectivity index (χ2v) is 7.37. The summed E-state index contributed by atoms with van der Waals surface area (Å²) >= 11 is 0. The molecule has 1 aliphatic rings. The fraction of sp³-hybridized carbons (Fsp3) is 0.667. The van der Waals surface area contributed by atoms with Crippen molar-refractivity contribution in [1.82, 2.24) is 15.6 Å². The summed E-state index contributed by atoms with van der Waals surface area (Å²) in [5.74, 6) is 0.459. The predicted octanol–water partition coefficient (Wildman–Crippen LogP) is 3.17. The van der Waals surface area contributed by atoms with Crippen molar-refractivity contribution in [3.8, 4) is 0 Å². The summed E-state index contributed by atoms with van der Waals surface area (Å²) in [6.07, 6.45) is 5.08. The zero-order chi connectivity index (χ0) is 16.9. The molecular formula is C18H29N3O2. The summed E-state index contributed by atoms with van der Waals surface area (Å²) in [5, 5.41) is 6.51. The molecule has 1 amide bonds. The van der Waals surface area contributed by atoms with Crippen molar-refractivity contribution >= 4 is 6.09 Å². The van der Waals surface area contributed by atoms with Crippen LogP contribution in [0.1, 0.15) is 51.3 Å². The molecule has 5 heteroatoms. The van der Waals surface area contributed by atoms with Gasteiger partial charge in [0.2, 0.25) is 0 Å². The van der Waals surface area contributed by atoms with Gasteiger partial charge in [-0.15, -0.1) is 0 Å². The average molecular weight is 319 g/mol. The van der Waals surface area contributed by atoms with E-state index in [9.17, 15) is 4.79 Å². The van der Waals surface area contributed by atoms with Gasteiger partial charge in [0.25, 0.3) is 0 Å². The Labute approximate surface area is 139 Å². The number of pyridine rings is 1. The van der Waals surface area contributed by atoms with Crippen molar-refractivity contribution in [3.63, 3.8) is 0 Å². The first-order valence-corrected chi connectivity index (χ1v) is 8.45. The summed E-state index contributed by atoms with van der Waals surface area (Å²) in [6.45, 7) is 9.11. The van der Waals surface area contributed by atoms with E-state index in [0.29, 0.717) is 18.5 Å². The molecule has 2 unspecified atom stereocenters. The maximum Gasteiger partial charge on any atom is 0.407 e. The number of nitrogens with zero attached hydrogens (tertiary/aromatic N) is 1. The summed E-state index contributed by atoms with van der Waals surface area (Å²) in [7, 11) is 0. The van der Waals surface area contributed by atoms with Crippen LogP contribution in [0.4, 0.5) is 4.79 Å². The molecule has 0 aliphatic heterocycles. The van der Waals surface area contributed by atoms with E-state index in [0.717, 1.165) is 25.1 Å². The van der Waals surface area contributed by atoms with Gasteiger partial charge in [-0.2, -0.15) is 0 Å². The second-order valence-electron chi connectivity index (χ2n) is 7.37. The smallest absolute Gasteiger partial charge is 0.407 e. The van der Waals surface area contributed by atoms with Crippen LogP contribution in [0.25, 0.3) is 0 Å². The van der Waals surface area contributed by atoms with Gasteiger partial charge in [0.05, 0.1) is 0 Å². The molecule has 1 aliphatic carbocycles. The van der Waals surface area contributed by atoms with E-state index in [2.05, 4.69) is 21.7 Å². The third kappa shape index (κ3) is 6.18. The number of aromatic nitrogens is 1. The molecule has 0 spiro atoms. The lowest BCUT2D eigenvalue weighted by Gasteiger charge is -2.23. The van der Waals surface area contributed by atoms with Crippen LogP contribution in [0.15, 0.2) is 18.3 Å². The van der Waals surface area contributed by atoms with Crippen LogP contribution in [-0.4, -0.2) is 29.3 Å². The molecule has 5 nitrogen and oxygen atoms in total. The summed E-state index contributed by atoms with van der Waals surface area (Å²) in [5.41, 5.74) is 1.78. The zero-order valence-electron chi connectivity index (χ0n) is 14.7. The number of aryl methyl sites for hydroxylation is 1. The Morgan fingerprint density at radius 3 is 2.78 bits per heavy atom. The monoisotopic (exact) mass is 319 g/mol. The number of amides is 1. The molecule has 0 aromatic carbocycles. The largest absolute Gasteiger partial charge is 0.444 e. The van der Waals surface area contributed by atoms with Gasteiger partial charge in [-0.1, -0.05) is 12.5 Å². The van der Waals surface area contributed by atoms with Gasteiger partial charge in [-0.05, 0) is 58.1 Å². The van der Waals surface area contributed by atoms with E-state index in [1.54, 1.807) is 0 Å². The molecule has 2 rings (SSSR count). The van der Waals surface area contributed by atoms with E-state index < -0.39 is 5.60 Å². The first-order valence-electron chi connectivity index (χ1n) is 8.45. The van der Waals surface area contributed by atoms with Crippen LogP contribution >= 0.6 is 0 Å². The van der Waals surface area contributed by atoms with Gasteiger partial charge in [-0.3, -0.25) is 4.98 Å². The highest BCUT2D eigenvalue weighted by atomic mass is 16.6. The van der Waals surface area contributed by atoms with Gasteiger partial charge >= 0.3 is 6.09 Å². The first-order chi connectivity index (χ1) is 10.8. The Kier molecular flexibility index (Phi) is 5.99. The highest BCUT2D eigenvalue weighted by Gasteiger charge is 2.27. The summed E-state index contributed by atoms with van der Waals surface area (Å²) < 4.78 is 5.29. The van der Waals surface area contributed by atoms with Crippen molar-refractivity contribution in [2.75, 3.05) is 6.54 Å². The molecule has 1 fully saturated rings. The molecule has 2 atom stereocenters. The maximum atomic E-state index is 11.8. The number of rotatable bonds is 5. The van der Waals surface area contributed by atoms with E-state index in [1.165, 1.54) is 12.0 Å². The van der Waals surface area contributed by atoms with Crippen LogP contribution in [0.2, 0.25) is 0 Å². The lowest BCUT2D eigenvalue weighted by atomic mass is 10.0. The Bertz CT molecular complexity index is 508. The highest BCUT2D eigenvalue weighted by molar-refractivity contribution is 5.67. The van der Waals surface area contributed by atoms with Crippen molar-refractivity contribution < 1.29 is 9.53 Å². The van der Waals surface area contributed by atoms with Crippen molar-refractivity contribution in [2.24, 2.45) is 5.92 Å². The quantitative estimate of drug-likeness (QED) is 0.875. The number of nitrogens with one attached hydrogen (secondary N) is 2. The summed E-state index contributed by atoms with van der Waals surface area (Å²) in [4.78, 5) is 16.1. The van der Waals surface area contributed by atoms with Crippen molar-refractivity contribution in [1.29, 1.82) is 0 Å². The Hall–Kier alpha value is -1.62. The zero-order valence-corrected chi connectivity index (χ0v) is 14.7. The van der Waals surface area contributed by atoms with E-state index in [-0.39, 0.29) is 6.09 Å². The molecule has 0 radical (unpaired) electrons. The molecule has 1 saturated carbocycles. The van der Waals surface area contributed by atoms with E-state index >= 15 is 0 Å². The minimum atomic E-state index is -0.449. The van der Waals surface area contributed by atoms with Crippen molar-refractivity contribution in [2.45, 2.75) is 65.1 Å². The molecular weight excluding hydrogens is 290 g/mol. The molecule has 0 saturated heterocycles. The van der Waals surface area contributed by atoms with Gasteiger partial charge in [0, 0.05) is 31.0 Å². The van der Waals surface area contributed by atoms with Gasteiger partial charge in [0.1, 0.15) is 5.60 Å². The minimum absolute atomic E-state index is 0.328. The molecule has 0 bridgehead atoms. The van der Waals surface area contributed by atoms with Gasteiger partial charge in [-0.25, -0.2) is 4.79 Å². The van der Waals surface area contributed by atoms with Crippen LogP contribution in [0.5, 0.6) is 0 Å². The van der Waals surface area contributed by atoms with Crippen LogP contribution in [0.3, 0.4) is 0 Å². The molecule has 1 heterocycles. The molecule has 1 aromatic heterocycles. The Balaban J connectivity index is 1.76. The normalized spacial score (nSPS) is 21.2. The standard InChI is InChI=1S/C18H29N3O2/c1-13-8-9-14(10-19-13)11-20-16-7-5-6-15(16)12-21-17(22)23-18(2,3)4/h8-10,15-16,20H,5-7,11-12H2,1-4H3,(H,21,22). The fourth-order valence-corrected chi connectivity index (χ4v) is 2.93. The number of carbonyl (C=O) groups excluding carboxylic acids is 1. The molecule has 1 aromatic rings. The highest BCUT2D eigenvalue weighted by Crippen LogP contribution is 2.25. The molecule has 128 valence electrons. The van der Waals surface area contributed by atoms with Gasteiger partial charge in [0.15, 0.2) is 0 Å². The SMILES string of the molecule is Cc1ccc(CNC2CCCC2CNC(=O)OC(C)(C)C)cn1. The number of alkyl carbamates (subject to hydrolysis) is 1. The number of hydrogen-bond acceptors (Lipinski definition) is 4. The van der Waals surface area contributed by atoms with Crippen LogP contribution < -0.4 is 10.6 Å². The number of ether oxygens (including phenoxy) is 1. The third-order valence-corrected chi connectivity index (χ3v) is 4.11. The molecule has 23 heavy (non-hydrogen) atoms. The number of hydrogen-bond donors (Lipinski definition) is 2. The fourth-order valence-electron chi connectivity index (χ4n) is 2.93. The van der Waals surface area contributed by atoms with Crippen LogP contribution in [0, 0.1) is 12.8 Å². The average Bonchev–Trinajstić information content (AvgIpc) is 2.90. The first kappa shape index (κ1) is 17.7. The topological polar surface area (TPSA) is 63.2 Å². The Morgan fingerprint density at radius 2 is 2.13 bits per heavy atom. The van der Waals surface area contributed by atoms with E-state index in [4.69, 9.17) is 4.74 Å². The molecule has 2 N–H and O–H groups in total. The third-order valence-electron chi connectivity index (χ3n) is 4.11. The summed E-state index contributed by atoms with van der Waals surface area (Å²) in [6, 6.07) is 4.58. The lowest BCUT2D eigenvalue weighted by Crippen LogP contribution is -2.40. The predicted molar refractivity (Wildman–Crippen MR) is 91.2 cm³/mol. The number of carbonyl (C=O) groups is 1. The van der Waals surface area contributed by atoms with Gasteiger partial charge < -0.3 is 15.4 Å². The van der Waals surface area contributed by atoms with E-state index in [1.807, 2.05) is 40.0 Å². The Morgan fingerprint density at radius 1 is 1.35 bits per heavy atom. The minimum Gasteiger partial charge on any atom is -0.444 e. The second kappa shape index (κ2) is 7.77.